The van der Waals surface area contributed by atoms with E-state index in [2.05, 4.69) is 29.7 Å². The molecule has 0 unspecified atom stereocenters. The largest absolute Gasteiger partial charge is 0.481 e. The van der Waals surface area contributed by atoms with Crippen molar-refractivity contribution in [3.05, 3.63) is 95.1 Å². The Hall–Kier alpha value is -4.13. The van der Waals surface area contributed by atoms with Gasteiger partial charge in [-0.05, 0) is 78.3 Å². The highest BCUT2D eigenvalue weighted by Crippen LogP contribution is 2.33. The predicted octanol–water partition coefficient (Wildman–Crippen LogP) is 6.74. The molecule has 0 radical (unpaired) electrons. The van der Waals surface area contributed by atoms with Crippen LogP contribution in [0.3, 0.4) is 0 Å². The van der Waals surface area contributed by atoms with Crippen molar-refractivity contribution < 1.29 is 19.5 Å². The molecule has 1 aliphatic rings. The minimum Gasteiger partial charge on any atom is -0.481 e. The van der Waals surface area contributed by atoms with Crippen molar-refractivity contribution in [3.63, 3.8) is 0 Å². The van der Waals surface area contributed by atoms with Gasteiger partial charge in [0.25, 0.3) is 5.91 Å². The van der Waals surface area contributed by atoms with Crippen LogP contribution in [0.15, 0.2) is 72.8 Å². The molecule has 39 heavy (non-hydrogen) atoms. The standard InChI is InChI=1S/C32H37N3O4/c1-2-23-7-6-10-28(21-23)34-32(39)35(29-17-15-26(16-18-29)25-8-4-3-5-9-25)22-24-11-13-27(14-12-24)31(38)33-20-19-30(36)37/h6-7,10-18,21,25H,2-5,8-9,19-20,22H2,1H3,(H,33,38)(H,34,39)(H,36,37). The number of hydrogen-bond donors (Lipinski definition) is 3. The first kappa shape index (κ1) is 27.9. The number of nitrogens with zero attached hydrogens (tertiary/aromatic N) is 1. The monoisotopic (exact) mass is 527 g/mol. The number of anilines is 2. The van der Waals surface area contributed by atoms with Crippen LogP contribution in [-0.4, -0.2) is 29.6 Å². The van der Waals surface area contributed by atoms with Gasteiger partial charge in [0.15, 0.2) is 0 Å². The number of benzene rings is 3. The number of carbonyl (C=O) groups is 3. The zero-order chi connectivity index (χ0) is 27.6. The first-order chi connectivity index (χ1) is 18.9. The Morgan fingerprint density at radius 2 is 1.62 bits per heavy atom. The fourth-order valence-corrected chi connectivity index (χ4v) is 5.03. The number of aliphatic carboxylic acids is 1. The lowest BCUT2D eigenvalue weighted by Gasteiger charge is -2.26. The Bertz CT molecular complexity index is 1270. The molecule has 7 nitrogen and oxygen atoms in total. The minimum absolute atomic E-state index is 0.0694. The third-order valence-electron chi connectivity index (χ3n) is 7.29. The number of amides is 3. The lowest BCUT2D eigenvalue weighted by molar-refractivity contribution is -0.136. The molecule has 3 aromatic rings. The average Bonchev–Trinajstić information content (AvgIpc) is 2.96. The first-order valence-electron chi connectivity index (χ1n) is 13.8. The third-order valence-corrected chi connectivity index (χ3v) is 7.29. The van der Waals surface area contributed by atoms with Gasteiger partial charge in [0.1, 0.15) is 0 Å². The lowest BCUT2D eigenvalue weighted by Crippen LogP contribution is -2.34. The van der Waals surface area contributed by atoms with Gasteiger partial charge in [0.2, 0.25) is 0 Å². The Morgan fingerprint density at radius 3 is 2.28 bits per heavy atom. The topological polar surface area (TPSA) is 98.7 Å². The number of hydrogen-bond acceptors (Lipinski definition) is 3. The number of aryl methyl sites for hydroxylation is 1. The van der Waals surface area contributed by atoms with E-state index in [1.807, 2.05) is 48.5 Å². The summed E-state index contributed by atoms with van der Waals surface area (Å²) in [5, 5.41) is 14.4. The summed E-state index contributed by atoms with van der Waals surface area (Å²) < 4.78 is 0. The Morgan fingerprint density at radius 1 is 0.897 bits per heavy atom. The van der Waals surface area contributed by atoms with Gasteiger partial charge in [0, 0.05) is 23.5 Å². The van der Waals surface area contributed by atoms with E-state index in [4.69, 9.17) is 5.11 Å². The van der Waals surface area contributed by atoms with Crippen LogP contribution in [-0.2, 0) is 17.8 Å². The van der Waals surface area contributed by atoms with Gasteiger partial charge < -0.3 is 15.7 Å². The molecule has 3 aromatic carbocycles. The Labute approximate surface area is 230 Å². The molecule has 0 heterocycles. The number of urea groups is 1. The molecule has 1 saturated carbocycles. The highest BCUT2D eigenvalue weighted by atomic mass is 16.4. The fourth-order valence-electron chi connectivity index (χ4n) is 5.03. The molecule has 0 atom stereocenters. The van der Waals surface area contributed by atoms with E-state index in [-0.39, 0.29) is 24.9 Å². The zero-order valence-electron chi connectivity index (χ0n) is 22.5. The summed E-state index contributed by atoms with van der Waals surface area (Å²) >= 11 is 0. The van der Waals surface area contributed by atoms with E-state index >= 15 is 0 Å². The number of rotatable bonds is 10. The van der Waals surface area contributed by atoms with Gasteiger partial charge in [-0.15, -0.1) is 0 Å². The van der Waals surface area contributed by atoms with Crippen molar-refractivity contribution in [2.75, 3.05) is 16.8 Å². The van der Waals surface area contributed by atoms with Crippen molar-refractivity contribution in [2.45, 2.75) is 64.3 Å². The highest BCUT2D eigenvalue weighted by molar-refractivity contribution is 6.01. The number of carboxylic acids is 1. The molecular formula is C32H37N3O4. The van der Waals surface area contributed by atoms with E-state index in [1.165, 1.54) is 37.7 Å². The summed E-state index contributed by atoms with van der Waals surface area (Å²) in [5.41, 5.74) is 5.33. The lowest BCUT2D eigenvalue weighted by atomic mass is 9.84. The fraction of sp³-hybridized carbons (Fsp3) is 0.344. The molecule has 0 aliphatic heterocycles. The van der Waals surface area contributed by atoms with Crippen molar-refractivity contribution in [1.82, 2.24) is 5.32 Å². The van der Waals surface area contributed by atoms with Crippen LogP contribution in [0.5, 0.6) is 0 Å². The van der Waals surface area contributed by atoms with Gasteiger partial charge in [-0.2, -0.15) is 0 Å². The van der Waals surface area contributed by atoms with Crippen molar-refractivity contribution in [1.29, 1.82) is 0 Å². The molecule has 0 aromatic heterocycles. The maximum Gasteiger partial charge on any atom is 0.326 e. The third kappa shape index (κ3) is 7.93. The van der Waals surface area contributed by atoms with Crippen molar-refractivity contribution in [2.24, 2.45) is 0 Å². The maximum absolute atomic E-state index is 13.6. The first-order valence-corrected chi connectivity index (χ1v) is 13.8. The smallest absolute Gasteiger partial charge is 0.326 e. The summed E-state index contributed by atoms with van der Waals surface area (Å²) in [6, 6.07) is 23.0. The zero-order valence-corrected chi connectivity index (χ0v) is 22.5. The second kappa shape index (κ2) is 13.6. The molecular weight excluding hydrogens is 490 g/mol. The predicted molar refractivity (Wildman–Crippen MR) is 154 cm³/mol. The van der Waals surface area contributed by atoms with E-state index in [0.29, 0.717) is 18.0 Å². The van der Waals surface area contributed by atoms with E-state index in [9.17, 15) is 14.4 Å². The quantitative estimate of drug-likeness (QED) is 0.272. The van der Waals surface area contributed by atoms with Crippen LogP contribution in [0.1, 0.15) is 78.4 Å². The molecule has 0 saturated heterocycles. The highest BCUT2D eigenvalue weighted by Gasteiger charge is 2.20. The van der Waals surface area contributed by atoms with E-state index < -0.39 is 5.97 Å². The van der Waals surface area contributed by atoms with Gasteiger partial charge in [0.05, 0.1) is 13.0 Å². The van der Waals surface area contributed by atoms with Gasteiger partial charge in [-0.25, -0.2) is 4.79 Å². The summed E-state index contributed by atoms with van der Waals surface area (Å²) in [6.45, 7) is 2.47. The van der Waals surface area contributed by atoms with Gasteiger partial charge >= 0.3 is 12.0 Å². The summed E-state index contributed by atoms with van der Waals surface area (Å²) in [4.78, 5) is 38.3. The van der Waals surface area contributed by atoms with E-state index in [0.717, 1.165) is 28.9 Å². The molecule has 3 N–H and O–H groups in total. The molecule has 204 valence electrons. The molecule has 0 bridgehead atoms. The molecule has 7 heteroatoms. The SMILES string of the molecule is CCc1cccc(NC(=O)N(Cc2ccc(C(=O)NCCC(=O)O)cc2)c2ccc(C3CCCCC3)cc2)c1. The number of nitrogens with one attached hydrogen (secondary N) is 2. The van der Waals surface area contributed by atoms with Crippen LogP contribution in [0, 0.1) is 0 Å². The normalized spacial score (nSPS) is 13.5. The van der Waals surface area contributed by atoms with Crippen LogP contribution >= 0.6 is 0 Å². The van der Waals surface area contributed by atoms with Crippen molar-refractivity contribution >= 4 is 29.3 Å². The maximum atomic E-state index is 13.6. The molecule has 1 fully saturated rings. The van der Waals surface area contributed by atoms with Crippen LogP contribution < -0.4 is 15.5 Å². The Kier molecular flexibility index (Phi) is 9.73. The number of carbonyl (C=O) groups excluding carboxylic acids is 2. The number of carboxylic acid groups (broad SMARTS) is 1. The summed E-state index contributed by atoms with van der Waals surface area (Å²) in [5.74, 6) is -0.704. The van der Waals surface area contributed by atoms with Gasteiger partial charge in [-0.1, -0.05) is 62.6 Å². The summed E-state index contributed by atoms with van der Waals surface area (Å²) in [6.07, 6.45) is 7.03. The second-order valence-corrected chi connectivity index (χ2v) is 10.1. The van der Waals surface area contributed by atoms with E-state index in [1.54, 1.807) is 17.0 Å². The molecule has 1 aliphatic carbocycles. The molecule has 3 amide bonds. The molecule has 0 spiro atoms. The van der Waals surface area contributed by atoms with Crippen LogP contribution in [0.2, 0.25) is 0 Å². The average molecular weight is 528 g/mol. The summed E-state index contributed by atoms with van der Waals surface area (Å²) in [7, 11) is 0. The minimum atomic E-state index is -0.961. The van der Waals surface area contributed by atoms with Crippen LogP contribution in [0.4, 0.5) is 16.2 Å². The molecule has 4 rings (SSSR count). The second-order valence-electron chi connectivity index (χ2n) is 10.1. The van der Waals surface area contributed by atoms with Crippen LogP contribution in [0.25, 0.3) is 0 Å². The Balaban J connectivity index is 1.52. The van der Waals surface area contributed by atoms with Gasteiger partial charge in [-0.3, -0.25) is 14.5 Å². The van der Waals surface area contributed by atoms with Crippen molar-refractivity contribution in [3.8, 4) is 0 Å².